The fourth-order valence-corrected chi connectivity index (χ4v) is 3.50. The first-order valence-corrected chi connectivity index (χ1v) is 8.97. The van der Waals surface area contributed by atoms with Gasteiger partial charge in [-0.15, -0.1) is 0 Å². The van der Waals surface area contributed by atoms with Crippen molar-refractivity contribution in [1.29, 1.82) is 0 Å². The molecule has 2 aromatic carbocycles. The highest BCUT2D eigenvalue weighted by molar-refractivity contribution is 7.81. The first-order valence-electron chi connectivity index (χ1n) is 8.15. The molecular weight excluding hydrogens is 346 g/mol. The molecule has 0 aromatic heterocycles. The monoisotopic (exact) mass is 367 g/mol. The van der Waals surface area contributed by atoms with Crippen LogP contribution < -0.4 is 10.6 Å². The van der Waals surface area contributed by atoms with Gasteiger partial charge >= 0.3 is 0 Å². The lowest BCUT2D eigenvalue weighted by molar-refractivity contribution is 0.540. The number of rotatable bonds is 3. The van der Waals surface area contributed by atoms with E-state index in [9.17, 15) is 0 Å². The lowest BCUT2D eigenvalue weighted by atomic mass is 9.94. The van der Waals surface area contributed by atoms with E-state index >= 15 is 0 Å². The molecule has 0 saturated heterocycles. The van der Waals surface area contributed by atoms with E-state index in [1.54, 1.807) is 0 Å². The normalized spacial score (nSPS) is 17.3. The Labute approximate surface area is 159 Å². The fourth-order valence-electron chi connectivity index (χ4n) is 2.86. The van der Waals surface area contributed by atoms with Gasteiger partial charge < -0.3 is 15.5 Å². The number of aryl methyl sites for hydroxylation is 1. The van der Waals surface area contributed by atoms with Crippen LogP contribution in [0.15, 0.2) is 65.9 Å². The lowest BCUT2D eigenvalue weighted by Crippen LogP contribution is -2.46. The van der Waals surface area contributed by atoms with Gasteiger partial charge in [-0.25, -0.2) is 0 Å². The molecule has 1 heterocycles. The predicted octanol–water partition coefficient (Wildman–Crippen LogP) is 4.57. The van der Waals surface area contributed by atoms with Crippen LogP contribution in [0.25, 0.3) is 0 Å². The molecule has 1 aliphatic rings. The number of nitrogens with zero attached hydrogens (tertiary/aromatic N) is 1. The van der Waals surface area contributed by atoms with Crippen LogP contribution >= 0.6 is 24.4 Å². The van der Waals surface area contributed by atoms with Crippen LogP contribution in [0, 0.1) is 6.92 Å². The zero-order valence-electron chi connectivity index (χ0n) is 14.5. The minimum atomic E-state index is -0.0620. The highest BCUT2D eigenvalue weighted by Crippen LogP contribution is 2.31. The second kappa shape index (κ2) is 7.33. The van der Waals surface area contributed by atoms with Crippen LogP contribution in [0.4, 0.5) is 5.69 Å². The molecule has 0 radical (unpaired) electrons. The molecule has 2 N–H and O–H groups in total. The minimum absolute atomic E-state index is 0.0620. The van der Waals surface area contributed by atoms with Gasteiger partial charge in [-0.05, 0) is 43.8 Å². The van der Waals surface area contributed by atoms with Crippen molar-refractivity contribution < 1.29 is 0 Å². The zero-order valence-corrected chi connectivity index (χ0v) is 16.2. The van der Waals surface area contributed by atoms with Crippen LogP contribution in [0.5, 0.6) is 0 Å². The molecule has 0 fully saturated rings. The quantitative estimate of drug-likeness (QED) is 0.775. The summed E-state index contributed by atoms with van der Waals surface area (Å²) in [6.45, 7) is 4.14. The van der Waals surface area contributed by atoms with Crippen molar-refractivity contribution in [2.75, 3.05) is 12.4 Å². The average molecular weight is 368 g/mol. The summed E-state index contributed by atoms with van der Waals surface area (Å²) in [5, 5.41) is 7.48. The van der Waals surface area contributed by atoms with Gasteiger partial charge in [-0.3, -0.25) is 0 Å². The molecule has 5 heteroatoms. The Balaban J connectivity index is 1.99. The Kier molecular flexibility index (Phi) is 5.16. The molecule has 3 nitrogen and oxygen atoms in total. The molecule has 3 rings (SSSR count). The van der Waals surface area contributed by atoms with E-state index in [1.807, 2.05) is 42.3 Å². The Morgan fingerprint density at radius 1 is 1.04 bits per heavy atom. The smallest absolute Gasteiger partial charge is 0.173 e. The van der Waals surface area contributed by atoms with Gasteiger partial charge in [0.25, 0.3) is 0 Å². The van der Waals surface area contributed by atoms with Crippen molar-refractivity contribution in [2.45, 2.75) is 19.9 Å². The van der Waals surface area contributed by atoms with Crippen LogP contribution in [0.3, 0.4) is 0 Å². The summed E-state index contributed by atoms with van der Waals surface area (Å²) < 4.78 is 0. The van der Waals surface area contributed by atoms with Crippen LogP contribution in [0.2, 0.25) is 0 Å². The minimum Gasteiger partial charge on any atom is -0.351 e. The number of nitrogens with one attached hydrogen (secondary N) is 2. The van der Waals surface area contributed by atoms with Crippen LogP contribution in [0.1, 0.15) is 24.1 Å². The van der Waals surface area contributed by atoms with E-state index in [0.29, 0.717) is 10.1 Å². The molecule has 0 bridgehead atoms. The van der Waals surface area contributed by atoms with Crippen molar-refractivity contribution >= 4 is 40.2 Å². The third-order valence-corrected chi connectivity index (χ3v) is 5.15. The molecule has 25 heavy (non-hydrogen) atoms. The second-order valence-electron chi connectivity index (χ2n) is 6.17. The lowest BCUT2D eigenvalue weighted by Gasteiger charge is -2.36. The number of hydrogen-bond acceptors (Lipinski definition) is 2. The van der Waals surface area contributed by atoms with Gasteiger partial charge in [0.15, 0.2) is 5.11 Å². The number of anilines is 1. The molecule has 2 aromatic rings. The molecule has 1 atom stereocenters. The highest BCUT2D eigenvalue weighted by Gasteiger charge is 2.30. The van der Waals surface area contributed by atoms with Gasteiger partial charge in [0.05, 0.1) is 6.04 Å². The van der Waals surface area contributed by atoms with Gasteiger partial charge in [0.2, 0.25) is 0 Å². The number of para-hydroxylation sites is 1. The molecule has 0 spiro atoms. The van der Waals surface area contributed by atoms with Crippen molar-refractivity contribution in [1.82, 2.24) is 10.2 Å². The van der Waals surface area contributed by atoms with E-state index in [4.69, 9.17) is 24.4 Å². The Hall–Kier alpha value is -2.24. The summed E-state index contributed by atoms with van der Waals surface area (Å²) in [5.41, 5.74) is 5.45. The summed E-state index contributed by atoms with van der Waals surface area (Å²) in [4.78, 5) is 2.67. The molecule has 0 saturated carbocycles. The topological polar surface area (TPSA) is 27.3 Å². The summed E-state index contributed by atoms with van der Waals surface area (Å²) in [5.74, 6) is 0. The molecule has 0 aliphatic carbocycles. The fraction of sp³-hybridized carbons (Fsp3) is 0.200. The predicted molar refractivity (Wildman–Crippen MR) is 113 cm³/mol. The summed E-state index contributed by atoms with van der Waals surface area (Å²) in [6, 6.07) is 18.4. The van der Waals surface area contributed by atoms with E-state index in [2.05, 4.69) is 48.7 Å². The van der Waals surface area contributed by atoms with Gasteiger partial charge in [-0.1, -0.05) is 60.2 Å². The SMILES string of the molecule is CC1=C(C(=S)Nc2ccccc2)C(c2ccc(C)cc2)NC(=S)N1C. The van der Waals surface area contributed by atoms with Crippen molar-refractivity contribution in [2.24, 2.45) is 0 Å². The van der Waals surface area contributed by atoms with Crippen molar-refractivity contribution in [3.63, 3.8) is 0 Å². The number of thiocarbonyl (C=S) groups is 2. The Bertz CT molecular complexity index is 826. The summed E-state index contributed by atoms with van der Waals surface area (Å²) >= 11 is 11.2. The second-order valence-corrected chi connectivity index (χ2v) is 6.97. The number of benzene rings is 2. The van der Waals surface area contributed by atoms with Crippen LogP contribution in [-0.4, -0.2) is 22.0 Å². The molecule has 1 unspecified atom stereocenters. The summed E-state index contributed by atoms with van der Waals surface area (Å²) in [6.07, 6.45) is 0. The van der Waals surface area contributed by atoms with Crippen LogP contribution in [-0.2, 0) is 0 Å². The third kappa shape index (κ3) is 3.72. The largest absolute Gasteiger partial charge is 0.351 e. The molecule has 1 aliphatic heterocycles. The first-order chi connectivity index (χ1) is 12.0. The maximum atomic E-state index is 5.75. The van der Waals surface area contributed by atoms with Gasteiger partial charge in [0, 0.05) is 24.0 Å². The highest BCUT2D eigenvalue weighted by atomic mass is 32.1. The first kappa shape index (κ1) is 17.6. The Morgan fingerprint density at radius 2 is 1.68 bits per heavy atom. The molecule has 0 amide bonds. The molecule has 128 valence electrons. The van der Waals surface area contributed by atoms with E-state index in [-0.39, 0.29) is 6.04 Å². The zero-order chi connectivity index (χ0) is 18.0. The maximum Gasteiger partial charge on any atom is 0.173 e. The van der Waals surface area contributed by atoms with Crippen molar-refractivity contribution in [3.05, 3.63) is 77.0 Å². The van der Waals surface area contributed by atoms with Crippen molar-refractivity contribution in [3.8, 4) is 0 Å². The Morgan fingerprint density at radius 3 is 2.32 bits per heavy atom. The van der Waals surface area contributed by atoms with Gasteiger partial charge in [0.1, 0.15) is 4.99 Å². The number of allylic oxidation sites excluding steroid dienone is 1. The van der Waals surface area contributed by atoms with Gasteiger partial charge in [-0.2, -0.15) is 0 Å². The molecular formula is C20H21N3S2. The van der Waals surface area contributed by atoms with E-state index < -0.39 is 0 Å². The summed E-state index contributed by atoms with van der Waals surface area (Å²) in [7, 11) is 1.96. The third-order valence-electron chi connectivity index (χ3n) is 4.44. The van der Waals surface area contributed by atoms with E-state index in [0.717, 1.165) is 22.5 Å². The van der Waals surface area contributed by atoms with E-state index in [1.165, 1.54) is 5.56 Å². The maximum absolute atomic E-state index is 5.75. The average Bonchev–Trinajstić information content (AvgIpc) is 2.61. The number of hydrogen-bond donors (Lipinski definition) is 2. The standard InChI is InChI=1S/C20H21N3S2/c1-13-9-11-15(12-10-13)18-17(14(2)23(3)20(25)22-18)19(24)21-16-7-5-4-6-8-16/h4-12,18H,1-3H3,(H,21,24)(H,22,25).